The van der Waals surface area contributed by atoms with E-state index >= 15 is 0 Å². The molecule has 0 radical (unpaired) electrons. The summed E-state index contributed by atoms with van der Waals surface area (Å²) in [4.78, 5) is 36.9. The maximum absolute atomic E-state index is 13.2. The lowest BCUT2D eigenvalue weighted by molar-refractivity contribution is -0.198. The predicted molar refractivity (Wildman–Crippen MR) is 189 cm³/mol. The van der Waals surface area contributed by atoms with E-state index in [2.05, 4.69) is 30.8 Å². The lowest BCUT2D eigenvalue weighted by atomic mass is 9.42. The van der Waals surface area contributed by atoms with Crippen LogP contribution in [-0.2, 0) is 23.9 Å². The molecule has 0 bridgehead atoms. The number of carbonyl (C=O) groups is 3. The van der Waals surface area contributed by atoms with Gasteiger partial charge in [0.2, 0.25) is 5.91 Å². The van der Waals surface area contributed by atoms with Crippen molar-refractivity contribution in [2.75, 3.05) is 20.3 Å². The Morgan fingerprint density at radius 3 is 2.20 bits per heavy atom. The number of carbonyl (C=O) groups excluding carboxylic acids is 3. The fraction of sp³-hybridized carbons (Fsp3) is 0.872. The first-order valence-corrected chi connectivity index (χ1v) is 18.7. The van der Waals surface area contributed by atoms with E-state index < -0.39 is 82.6 Å². The highest BCUT2D eigenvalue weighted by Gasteiger charge is 2.67. The molecule has 0 aromatic heterocycles. The fourth-order valence-electron chi connectivity index (χ4n) is 11.2. The first-order valence-electron chi connectivity index (χ1n) is 18.7. The smallest absolute Gasteiger partial charge is 0.325 e. The lowest BCUT2D eigenvalue weighted by Gasteiger charge is -2.64. The molecule has 0 unspecified atom stereocenters. The van der Waals surface area contributed by atoms with Gasteiger partial charge < -0.3 is 45.4 Å². The summed E-state index contributed by atoms with van der Waals surface area (Å²) in [5.41, 5.74) is -2.47. The summed E-state index contributed by atoms with van der Waals surface area (Å²) in [6.07, 6.45) is 0.551. The van der Waals surface area contributed by atoms with Crippen LogP contribution < -0.4 is 5.32 Å². The van der Waals surface area contributed by atoms with Crippen molar-refractivity contribution in [3.05, 3.63) is 11.1 Å². The number of ether oxygens (including phenoxy) is 2. The summed E-state index contributed by atoms with van der Waals surface area (Å²) in [5.74, 6) is -2.11. The van der Waals surface area contributed by atoms with Crippen molar-refractivity contribution in [2.24, 2.45) is 39.4 Å². The topological polar surface area (TPSA) is 203 Å². The van der Waals surface area contributed by atoms with Gasteiger partial charge in [0.25, 0.3) is 0 Å². The fourth-order valence-corrected chi connectivity index (χ4v) is 11.2. The van der Waals surface area contributed by atoms with E-state index in [4.69, 9.17) is 4.74 Å². The molecule has 4 rings (SSSR count). The highest BCUT2D eigenvalue weighted by Crippen LogP contribution is 2.72. The molecule has 0 aromatic rings. The van der Waals surface area contributed by atoms with Crippen molar-refractivity contribution in [1.29, 1.82) is 0 Å². The van der Waals surface area contributed by atoms with Gasteiger partial charge in [-0.2, -0.15) is 0 Å². The summed E-state index contributed by atoms with van der Waals surface area (Å²) in [6.45, 7) is 14.7. The number of hydrogen-bond donors (Lipinski definition) is 7. The van der Waals surface area contributed by atoms with Crippen molar-refractivity contribution < 1.29 is 54.5 Å². The van der Waals surface area contributed by atoms with Crippen LogP contribution in [0.1, 0.15) is 120 Å². The molecular weight excluding hydrogens is 658 g/mol. The number of aliphatic hydroxyl groups is 6. The van der Waals surface area contributed by atoms with Gasteiger partial charge in [-0.25, -0.2) is 0 Å². The molecule has 4 aliphatic rings. The van der Waals surface area contributed by atoms with Gasteiger partial charge in [0.05, 0.1) is 49.5 Å². The van der Waals surface area contributed by atoms with Crippen LogP contribution in [0.2, 0.25) is 0 Å². The maximum Gasteiger partial charge on any atom is 0.325 e. The van der Waals surface area contributed by atoms with Crippen molar-refractivity contribution >= 4 is 17.8 Å². The third-order valence-electron chi connectivity index (χ3n) is 14.2. The van der Waals surface area contributed by atoms with E-state index in [9.17, 15) is 45.0 Å². The van der Waals surface area contributed by atoms with Crippen LogP contribution in [0.5, 0.6) is 0 Å². The Morgan fingerprint density at radius 2 is 1.61 bits per heavy atom. The van der Waals surface area contributed by atoms with Crippen LogP contribution in [0.15, 0.2) is 11.1 Å². The molecule has 4 aliphatic carbocycles. The standard InChI is InChI=1S/C39H65NO11/c1-34(2)27-12-11-24-25(16-29(44)39(8)23(14-15-38(24,39)7)22(21-41)10-13-28(43)35(3,4)48)37(27,6)17-26(42)33(34)51-31(46)19-36(5,49)18-30(45)40-20-32(47)50-9/h22-23,26-29,33,41-44,48-49H,10-21H2,1-9H3,(H,40,45)/t22-,23+,26+,27-,28+,29-,33-,36-,37+,38-,39-/m0/s1. The van der Waals surface area contributed by atoms with Crippen LogP contribution >= 0.6 is 0 Å². The molecule has 7 N–H and O–H groups in total. The van der Waals surface area contributed by atoms with Crippen LogP contribution in [0.25, 0.3) is 0 Å². The Labute approximate surface area is 303 Å². The zero-order valence-corrected chi connectivity index (χ0v) is 32.3. The Kier molecular flexibility index (Phi) is 11.9. The molecule has 2 saturated carbocycles. The largest absolute Gasteiger partial charge is 0.468 e. The number of nitrogens with one attached hydrogen (secondary N) is 1. The Balaban J connectivity index is 1.53. The molecule has 0 saturated heterocycles. The number of amides is 1. The summed E-state index contributed by atoms with van der Waals surface area (Å²) < 4.78 is 10.4. The number of allylic oxidation sites excluding steroid dienone is 1. The molecule has 12 nitrogen and oxygen atoms in total. The quantitative estimate of drug-likeness (QED) is 0.109. The number of aliphatic hydroxyl groups excluding tert-OH is 4. The van der Waals surface area contributed by atoms with Crippen LogP contribution in [-0.4, -0.2) is 104 Å². The molecule has 0 heterocycles. The summed E-state index contributed by atoms with van der Waals surface area (Å²) in [5, 5.41) is 68.5. The highest BCUT2D eigenvalue weighted by molar-refractivity contribution is 5.83. The van der Waals surface area contributed by atoms with E-state index in [1.165, 1.54) is 25.2 Å². The molecule has 0 aliphatic heterocycles. The Hall–Kier alpha value is -2.09. The van der Waals surface area contributed by atoms with Gasteiger partial charge in [-0.15, -0.1) is 0 Å². The number of rotatable bonds is 13. The minimum absolute atomic E-state index is 0.0143. The van der Waals surface area contributed by atoms with E-state index in [0.717, 1.165) is 25.7 Å². The van der Waals surface area contributed by atoms with Crippen molar-refractivity contribution in [1.82, 2.24) is 5.32 Å². The monoisotopic (exact) mass is 723 g/mol. The number of hydrogen-bond acceptors (Lipinski definition) is 11. The maximum atomic E-state index is 13.2. The molecule has 51 heavy (non-hydrogen) atoms. The van der Waals surface area contributed by atoms with Gasteiger partial charge >= 0.3 is 11.9 Å². The van der Waals surface area contributed by atoms with Crippen molar-refractivity contribution in [3.63, 3.8) is 0 Å². The summed E-state index contributed by atoms with van der Waals surface area (Å²) >= 11 is 0. The minimum atomic E-state index is -1.75. The second-order valence-corrected chi connectivity index (χ2v) is 18.3. The van der Waals surface area contributed by atoms with Crippen LogP contribution in [0.4, 0.5) is 0 Å². The van der Waals surface area contributed by atoms with E-state index in [0.29, 0.717) is 25.7 Å². The zero-order chi connectivity index (χ0) is 38.5. The molecule has 11 atom stereocenters. The van der Waals surface area contributed by atoms with E-state index in [-0.39, 0.29) is 36.3 Å². The molecule has 0 spiro atoms. The second kappa shape index (κ2) is 14.6. The molecular formula is C39H65NO11. The van der Waals surface area contributed by atoms with Crippen LogP contribution in [0, 0.1) is 39.4 Å². The number of esters is 2. The first kappa shape index (κ1) is 41.7. The first-order chi connectivity index (χ1) is 23.4. The normalized spacial score (nSPS) is 36.9. The van der Waals surface area contributed by atoms with E-state index in [1.807, 2.05) is 13.8 Å². The van der Waals surface area contributed by atoms with Crippen molar-refractivity contribution in [2.45, 2.75) is 155 Å². The van der Waals surface area contributed by atoms with Gasteiger partial charge in [0, 0.05) is 17.4 Å². The van der Waals surface area contributed by atoms with E-state index in [1.54, 1.807) is 13.8 Å². The summed E-state index contributed by atoms with van der Waals surface area (Å²) in [6, 6.07) is 0. The van der Waals surface area contributed by atoms with Gasteiger partial charge in [-0.1, -0.05) is 45.8 Å². The SMILES string of the molecule is COC(=O)CNC(=O)C[C@](C)(O)CC(=O)O[C@H]1[C@H](O)C[C@]2(C)C3=C(CC[C@H]2C1(C)C)[C@]1(C)CC[C@H]([C@H](CO)CC[C@@H](O)C(C)(C)O)[C@@]1(C)[C@@H](O)C3. The zero-order valence-electron chi connectivity index (χ0n) is 32.3. The average molecular weight is 724 g/mol. The van der Waals surface area contributed by atoms with Gasteiger partial charge in [0.15, 0.2) is 0 Å². The highest BCUT2D eigenvalue weighted by atomic mass is 16.6. The summed E-state index contributed by atoms with van der Waals surface area (Å²) in [7, 11) is 1.19. The molecule has 2 fully saturated rings. The Bertz CT molecular complexity index is 1350. The van der Waals surface area contributed by atoms with Gasteiger partial charge in [0.1, 0.15) is 12.6 Å². The Morgan fingerprint density at radius 1 is 0.961 bits per heavy atom. The predicted octanol–water partition coefficient (Wildman–Crippen LogP) is 2.93. The van der Waals surface area contributed by atoms with Crippen molar-refractivity contribution in [3.8, 4) is 0 Å². The molecule has 292 valence electrons. The molecule has 0 aromatic carbocycles. The van der Waals surface area contributed by atoms with Crippen LogP contribution in [0.3, 0.4) is 0 Å². The molecule has 12 heteroatoms. The van der Waals surface area contributed by atoms with Gasteiger partial charge in [-0.05, 0) is 101 Å². The third-order valence-corrected chi connectivity index (χ3v) is 14.2. The minimum Gasteiger partial charge on any atom is -0.468 e. The second-order valence-electron chi connectivity index (χ2n) is 18.3. The third kappa shape index (κ3) is 7.65. The average Bonchev–Trinajstić information content (AvgIpc) is 3.30. The number of fused-ring (bicyclic) bond motifs is 4. The van der Waals surface area contributed by atoms with Gasteiger partial charge in [-0.3, -0.25) is 14.4 Å². The number of methoxy groups -OCH3 is 1. The lowest BCUT2D eigenvalue weighted by Crippen LogP contribution is -2.62. The molecule has 1 amide bonds.